The fourth-order valence-electron chi connectivity index (χ4n) is 1.83. The number of aromatic hydroxyl groups is 1. The lowest BCUT2D eigenvalue weighted by Gasteiger charge is -2.22. The molecule has 0 heterocycles. The van der Waals surface area contributed by atoms with Crippen LogP contribution in [0.3, 0.4) is 0 Å². The first kappa shape index (κ1) is 20.0. The molecule has 1 aromatic carbocycles. The van der Waals surface area contributed by atoms with Crippen LogP contribution in [0.15, 0.2) is 18.2 Å². The maximum absolute atomic E-state index is 13.7. The molecule has 0 aliphatic heterocycles. The van der Waals surface area contributed by atoms with Gasteiger partial charge < -0.3 is 25.2 Å². The van der Waals surface area contributed by atoms with Crippen LogP contribution in [0.25, 0.3) is 0 Å². The maximum atomic E-state index is 13.7. The van der Waals surface area contributed by atoms with Gasteiger partial charge in [-0.15, -0.1) is 0 Å². The number of hydrogen-bond donors (Lipinski definition) is 3. The smallest absolute Gasteiger partial charge is 0.407 e. The molecular formula is C16H24F2N2O4. The van der Waals surface area contributed by atoms with E-state index in [-0.39, 0.29) is 18.0 Å². The van der Waals surface area contributed by atoms with Crippen LogP contribution in [0, 0.1) is 0 Å². The van der Waals surface area contributed by atoms with E-state index in [0.29, 0.717) is 5.56 Å². The highest BCUT2D eigenvalue weighted by atomic mass is 19.3. The fraction of sp³-hybridized carbons (Fsp3) is 0.562. The molecule has 0 fully saturated rings. The van der Waals surface area contributed by atoms with E-state index in [1.807, 2.05) is 5.32 Å². The third-order valence-corrected chi connectivity index (χ3v) is 2.89. The number of benzene rings is 1. The molecule has 0 unspecified atom stereocenters. The van der Waals surface area contributed by atoms with Crippen LogP contribution in [0.5, 0.6) is 11.5 Å². The minimum atomic E-state index is -3.16. The molecule has 0 spiro atoms. The van der Waals surface area contributed by atoms with Crippen LogP contribution >= 0.6 is 0 Å². The van der Waals surface area contributed by atoms with Gasteiger partial charge in [0.1, 0.15) is 5.60 Å². The number of carbonyl (C=O) groups excluding carboxylic acids is 1. The summed E-state index contributed by atoms with van der Waals surface area (Å²) < 4.78 is 37.3. The highest BCUT2D eigenvalue weighted by Crippen LogP contribution is 2.29. The third kappa shape index (κ3) is 6.99. The van der Waals surface area contributed by atoms with Crippen LogP contribution in [-0.2, 0) is 11.3 Å². The van der Waals surface area contributed by atoms with Gasteiger partial charge in [-0.05, 0) is 26.8 Å². The number of phenolic OH excluding ortho intramolecular Hbond substituents is 1. The SMILES string of the molecule is COc1cccc(CNCC(F)(F)CNC(=O)OC(C)(C)C)c1O. The molecule has 136 valence electrons. The summed E-state index contributed by atoms with van der Waals surface area (Å²) in [4.78, 5) is 11.4. The Balaban J connectivity index is 2.44. The van der Waals surface area contributed by atoms with Crippen molar-refractivity contribution >= 4 is 6.09 Å². The molecule has 0 saturated heterocycles. The second-order valence-electron chi connectivity index (χ2n) is 6.28. The molecule has 0 aliphatic carbocycles. The summed E-state index contributed by atoms with van der Waals surface area (Å²) in [5.74, 6) is -2.99. The number of alkyl halides is 2. The minimum absolute atomic E-state index is 0.0328. The summed E-state index contributed by atoms with van der Waals surface area (Å²) >= 11 is 0. The zero-order chi connectivity index (χ0) is 18.4. The van der Waals surface area contributed by atoms with Crippen molar-refractivity contribution in [2.75, 3.05) is 20.2 Å². The first-order chi connectivity index (χ1) is 11.0. The third-order valence-electron chi connectivity index (χ3n) is 2.89. The summed E-state index contributed by atoms with van der Waals surface area (Å²) in [5, 5.41) is 14.5. The molecule has 1 aromatic rings. The molecule has 6 nitrogen and oxygen atoms in total. The molecule has 1 rings (SSSR count). The first-order valence-corrected chi connectivity index (χ1v) is 7.44. The van der Waals surface area contributed by atoms with Gasteiger partial charge in [0.05, 0.1) is 20.2 Å². The molecule has 0 bridgehead atoms. The van der Waals surface area contributed by atoms with Gasteiger partial charge in [0.25, 0.3) is 5.92 Å². The summed E-state index contributed by atoms with van der Waals surface area (Å²) in [6, 6.07) is 4.82. The largest absolute Gasteiger partial charge is 0.504 e. The van der Waals surface area contributed by atoms with E-state index in [9.17, 15) is 18.7 Å². The van der Waals surface area contributed by atoms with Crippen LogP contribution in [-0.4, -0.2) is 42.9 Å². The van der Waals surface area contributed by atoms with Crippen LogP contribution in [0.1, 0.15) is 26.3 Å². The molecule has 0 saturated carbocycles. The van der Waals surface area contributed by atoms with E-state index in [0.717, 1.165) is 0 Å². The molecule has 0 atom stereocenters. The van der Waals surface area contributed by atoms with Crippen molar-refractivity contribution in [3.05, 3.63) is 23.8 Å². The number of nitrogens with one attached hydrogen (secondary N) is 2. The number of phenols is 1. The number of carbonyl (C=O) groups is 1. The number of rotatable bonds is 7. The highest BCUT2D eigenvalue weighted by Gasteiger charge is 2.30. The topological polar surface area (TPSA) is 79.8 Å². The summed E-state index contributed by atoms with van der Waals surface area (Å²) in [6.07, 6.45) is -0.896. The van der Waals surface area contributed by atoms with E-state index in [4.69, 9.17) is 9.47 Å². The monoisotopic (exact) mass is 346 g/mol. The Labute approximate surface area is 140 Å². The minimum Gasteiger partial charge on any atom is -0.504 e. The quantitative estimate of drug-likeness (QED) is 0.707. The van der Waals surface area contributed by atoms with Crippen molar-refractivity contribution in [2.24, 2.45) is 0 Å². The predicted octanol–water partition coefficient (Wildman–Crippen LogP) is 2.65. The second-order valence-corrected chi connectivity index (χ2v) is 6.28. The van der Waals surface area contributed by atoms with Gasteiger partial charge in [0, 0.05) is 12.1 Å². The Morgan fingerprint density at radius 2 is 1.92 bits per heavy atom. The summed E-state index contributed by atoms with van der Waals surface area (Å²) in [6.45, 7) is 3.45. The van der Waals surface area contributed by atoms with E-state index in [2.05, 4.69) is 5.32 Å². The van der Waals surface area contributed by atoms with Gasteiger partial charge in [-0.1, -0.05) is 12.1 Å². The normalized spacial score (nSPS) is 11.9. The van der Waals surface area contributed by atoms with E-state index in [1.54, 1.807) is 39.0 Å². The van der Waals surface area contributed by atoms with E-state index < -0.39 is 30.7 Å². The molecular weight excluding hydrogens is 322 g/mol. The van der Waals surface area contributed by atoms with Gasteiger partial charge in [-0.25, -0.2) is 13.6 Å². The van der Waals surface area contributed by atoms with Crippen LogP contribution in [0.2, 0.25) is 0 Å². The molecule has 1 amide bonds. The Kier molecular flexibility index (Phi) is 6.77. The van der Waals surface area contributed by atoms with Crippen molar-refractivity contribution in [1.82, 2.24) is 10.6 Å². The molecule has 8 heteroatoms. The average molecular weight is 346 g/mol. The molecule has 3 N–H and O–H groups in total. The zero-order valence-electron chi connectivity index (χ0n) is 14.3. The number of methoxy groups -OCH3 is 1. The van der Waals surface area contributed by atoms with E-state index >= 15 is 0 Å². The average Bonchev–Trinajstić information content (AvgIpc) is 2.45. The number of amides is 1. The lowest BCUT2D eigenvalue weighted by molar-refractivity contribution is -0.00379. The zero-order valence-corrected chi connectivity index (χ0v) is 14.3. The van der Waals surface area contributed by atoms with Gasteiger partial charge >= 0.3 is 6.09 Å². The molecule has 24 heavy (non-hydrogen) atoms. The van der Waals surface area contributed by atoms with E-state index in [1.165, 1.54) is 7.11 Å². The Morgan fingerprint density at radius 1 is 1.25 bits per heavy atom. The number of alkyl carbamates (subject to hydrolysis) is 1. The van der Waals surface area contributed by atoms with Crippen LogP contribution < -0.4 is 15.4 Å². The van der Waals surface area contributed by atoms with Gasteiger partial charge in [0.2, 0.25) is 0 Å². The van der Waals surface area contributed by atoms with Crippen LogP contribution in [0.4, 0.5) is 13.6 Å². The Morgan fingerprint density at radius 3 is 2.50 bits per heavy atom. The van der Waals surface area contributed by atoms with Gasteiger partial charge in [-0.2, -0.15) is 0 Å². The lowest BCUT2D eigenvalue weighted by atomic mass is 10.2. The van der Waals surface area contributed by atoms with Crippen molar-refractivity contribution in [3.63, 3.8) is 0 Å². The van der Waals surface area contributed by atoms with Crippen molar-refractivity contribution in [1.29, 1.82) is 0 Å². The predicted molar refractivity (Wildman–Crippen MR) is 85.5 cm³/mol. The summed E-state index contributed by atoms with van der Waals surface area (Å²) in [5.41, 5.74) is -0.313. The number of para-hydroxylation sites is 1. The van der Waals surface area contributed by atoms with Crippen molar-refractivity contribution in [2.45, 2.75) is 38.8 Å². The number of halogens is 2. The Hall–Kier alpha value is -2.09. The standard InChI is InChI=1S/C16H24F2N2O4/c1-15(2,3)24-14(22)20-10-16(17,18)9-19-8-11-6-5-7-12(23-4)13(11)21/h5-7,19,21H,8-10H2,1-4H3,(H,20,22). The molecule has 0 radical (unpaired) electrons. The van der Waals surface area contributed by atoms with Crippen molar-refractivity contribution < 1.29 is 28.2 Å². The maximum Gasteiger partial charge on any atom is 0.407 e. The molecule has 0 aliphatic rings. The number of hydrogen-bond acceptors (Lipinski definition) is 5. The fourth-order valence-corrected chi connectivity index (χ4v) is 1.83. The lowest BCUT2D eigenvalue weighted by Crippen LogP contribution is -2.44. The highest BCUT2D eigenvalue weighted by molar-refractivity contribution is 5.67. The first-order valence-electron chi connectivity index (χ1n) is 7.44. The van der Waals surface area contributed by atoms with Crippen molar-refractivity contribution in [3.8, 4) is 11.5 Å². The molecule has 0 aromatic heterocycles. The van der Waals surface area contributed by atoms with Gasteiger partial charge in [0.15, 0.2) is 11.5 Å². The number of ether oxygens (including phenoxy) is 2. The van der Waals surface area contributed by atoms with Gasteiger partial charge in [-0.3, -0.25) is 0 Å². The summed E-state index contributed by atoms with van der Waals surface area (Å²) in [7, 11) is 1.41. The Bertz CT molecular complexity index is 559. The second kappa shape index (κ2) is 8.14.